The van der Waals surface area contributed by atoms with E-state index in [1.807, 2.05) is 29.7 Å². The summed E-state index contributed by atoms with van der Waals surface area (Å²) < 4.78 is 0. The zero-order valence-electron chi connectivity index (χ0n) is 7.48. The van der Waals surface area contributed by atoms with Crippen molar-refractivity contribution in [1.29, 1.82) is 0 Å². The number of rotatable bonds is 1. The number of nitrogens with two attached hydrogens (primary N) is 2. The summed E-state index contributed by atoms with van der Waals surface area (Å²) in [4.78, 5) is 0.192. The van der Waals surface area contributed by atoms with Gasteiger partial charge in [-0.15, -0.1) is 11.3 Å². The Labute approximate surface area is 91.9 Å². The maximum Gasteiger partial charge on any atom is 0.128 e. The van der Waals surface area contributed by atoms with Crippen LogP contribution in [-0.4, -0.2) is 5.00 Å². The van der Waals surface area contributed by atoms with Crippen LogP contribution in [0.3, 0.4) is 0 Å². The molecule has 74 valence electrons. The summed E-state index contributed by atoms with van der Waals surface area (Å²) in [5.41, 5.74) is 11.3. The Hall–Kier alpha value is -0.610. The Bertz CT molecular complexity index is 363. The lowest BCUT2D eigenvalue weighted by molar-refractivity contribution is 0.693. The number of hydrogen-bond donors (Lipinski definition) is 2. The highest BCUT2D eigenvalue weighted by Crippen LogP contribution is 2.31. The molecule has 0 atom stereocenters. The van der Waals surface area contributed by atoms with E-state index in [2.05, 4.69) is 0 Å². The molecule has 1 aliphatic carbocycles. The van der Waals surface area contributed by atoms with Gasteiger partial charge in [0.2, 0.25) is 0 Å². The SMILES string of the molecule is NC1(Cl)C=CC(N)(c2cccs2)C=C1. The number of thiophene rings is 1. The van der Waals surface area contributed by atoms with E-state index in [0.717, 1.165) is 4.88 Å². The molecule has 0 amide bonds. The fourth-order valence-corrected chi connectivity index (χ4v) is 2.26. The Balaban J connectivity index is 2.34. The maximum atomic E-state index is 6.17. The van der Waals surface area contributed by atoms with Gasteiger partial charge >= 0.3 is 0 Å². The molecule has 0 bridgehead atoms. The second-order valence-electron chi connectivity index (χ2n) is 3.40. The van der Waals surface area contributed by atoms with Gasteiger partial charge in [0.25, 0.3) is 0 Å². The largest absolute Gasteiger partial charge is 0.314 e. The van der Waals surface area contributed by atoms with Crippen molar-refractivity contribution in [1.82, 2.24) is 0 Å². The van der Waals surface area contributed by atoms with Crippen molar-refractivity contribution < 1.29 is 0 Å². The molecule has 1 heterocycles. The van der Waals surface area contributed by atoms with E-state index in [0.29, 0.717) is 0 Å². The molecule has 0 saturated heterocycles. The molecular weight excluding hydrogens is 216 g/mol. The van der Waals surface area contributed by atoms with Crippen LogP contribution in [-0.2, 0) is 5.54 Å². The first-order valence-electron chi connectivity index (χ1n) is 4.23. The van der Waals surface area contributed by atoms with Gasteiger partial charge in [-0.1, -0.05) is 29.8 Å². The van der Waals surface area contributed by atoms with E-state index in [9.17, 15) is 0 Å². The molecule has 1 aromatic heterocycles. The molecule has 0 unspecified atom stereocenters. The van der Waals surface area contributed by atoms with Crippen molar-refractivity contribution in [2.45, 2.75) is 10.5 Å². The zero-order valence-corrected chi connectivity index (χ0v) is 9.05. The number of hydrogen-bond acceptors (Lipinski definition) is 3. The fraction of sp³-hybridized carbons (Fsp3) is 0.200. The van der Waals surface area contributed by atoms with Gasteiger partial charge in [0.1, 0.15) is 5.00 Å². The topological polar surface area (TPSA) is 52.0 Å². The van der Waals surface area contributed by atoms with Gasteiger partial charge in [-0.2, -0.15) is 0 Å². The first-order valence-corrected chi connectivity index (χ1v) is 5.49. The average molecular weight is 227 g/mol. The molecule has 0 fully saturated rings. The molecule has 2 rings (SSSR count). The van der Waals surface area contributed by atoms with Crippen LogP contribution in [0.5, 0.6) is 0 Å². The minimum absolute atomic E-state index is 0.550. The van der Waals surface area contributed by atoms with Gasteiger partial charge in [0.05, 0.1) is 5.54 Å². The van der Waals surface area contributed by atoms with E-state index in [4.69, 9.17) is 23.1 Å². The van der Waals surface area contributed by atoms with Gasteiger partial charge in [0.15, 0.2) is 0 Å². The fourth-order valence-electron chi connectivity index (χ4n) is 1.33. The van der Waals surface area contributed by atoms with Crippen molar-refractivity contribution in [3.63, 3.8) is 0 Å². The Morgan fingerprint density at radius 1 is 1.14 bits per heavy atom. The van der Waals surface area contributed by atoms with Crippen LogP contribution < -0.4 is 11.5 Å². The van der Waals surface area contributed by atoms with Gasteiger partial charge in [-0.25, -0.2) is 0 Å². The van der Waals surface area contributed by atoms with Crippen LogP contribution >= 0.6 is 22.9 Å². The lowest BCUT2D eigenvalue weighted by atomic mass is 9.92. The van der Waals surface area contributed by atoms with Crippen LogP contribution in [0.1, 0.15) is 4.88 Å². The highest BCUT2D eigenvalue weighted by Gasteiger charge is 2.28. The molecule has 0 saturated carbocycles. The third kappa shape index (κ3) is 1.77. The van der Waals surface area contributed by atoms with Crippen LogP contribution in [0.2, 0.25) is 0 Å². The van der Waals surface area contributed by atoms with Crippen molar-refractivity contribution >= 4 is 22.9 Å². The van der Waals surface area contributed by atoms with E-state index in [-0.39, 0.29) is 0 Å². The lowest BCUT2D eigenvalue weighted by Gasteiger charge is -2.27. The minimum Gasteiger partial charge on any atom is -0.314 e. The summed E-state index contributed by atoms with van der Waals surface area (Å²) in [6.07, 6.45) is 7.11. The maximum absolute atomic E-state index is 6.17. The predicted octanol–water partition coefficient (Wildman–Crippen LogP) is 1.92. The summed E-state index contributed by atoms with van der Waals surface area (Å²) >= 11 is 7.53. The average Bonchev–Trinajstić information content (AvgIpc) is 2.64. The molecule has 1 aliphatic rings. The third-order valence-electron chi connectivity index (χ3n) is 2.18. The monoisotopic (exact) mass is 226 g/mol. The first kappa shape index (κ1) is 9.93. The van der Waals surface area contributed by atoms with Crippen molar-refractivity contribution in [3.8, 4) is 0 Å². The first-order chi connectivity index (χ1) is 6.52. The zero-order chi connectivity index (χ0) is 10.2. The molecule has 14 heavy (non-hydrogen) atoms. The Kier molecular flexibility index (Phi) is 2.27. The van der Waals surface area contributed by atoms with E-state index >= 15 is 0 Å². The minimum atomic E-state index is -0.889. The quantitative estimate of drug-likeness (QED) is 0.437. The lowest BCUT2D eigenvalue weighted by Crippen LogP contribution is -2.39. The molecular formula is C10H11ClN2S. The number of alkyl halides is 1. The summed E-state index contributed by atoms with van der Waals surface area (Å²) in [5.74, 6) is 0. The molecule has 0 aliphatic heterocycles. The molecule has 0 spiro atoms. The molecule has 0 aromatic carbocycles. The second-order valence-corrected chi connectivity index (χ2v) is 5.01. The Morgan fingerprint density at radius 3 is 2.29 bits per heavy atom. The highest BCUT2D eigenvalue weighted by atomic mass is 35.5. The molecule has 2 nitrogen and oxygen atoms in total. The van der Waals surface area contributed by atoms with Crippen molar-refractivity contribution in [2.75, 3.05) is 0 Å². The van der Waals surface area contributed by atoms with Gasteiger partial charge < -0.3 is 11.5 Å². The van der Waals surface area contributed by atoms with Crippen LogP contribution in [0.15, 0.2) is 41.8 Å². The summed E-state index contributed by atoms with van der Waals surface area (Å²) in [6, 6.07) is 3.97. The van der Waals surface area contributed by atoms with Gasteiger partial charge in [-0.05, 0) is 23.6 Å². The number of halogens is 1. The third-order valence-corrected chi connectivity index (χ3v) is 3.47. The van der Waals surface area contributed by atoms with E-state index in [1.54, 1.807) is 23.5 Å². The molecule has 0 radical (unpaired) electrons. The summed E-state index contributed by atoms with van der Waals surface area (Å²) in [6.45, 7) is 0. The van der Waals surface area contributed by atoms with Crippen LogP contribution in [0.4, 0.5) is 0 Å². The van der Waals surface area contributed by atoms with E-state index < -0.39 is 10.5 Å². The normalized spacial score (nSPS) is 36.2. The van der Waals surface area contributed by atoms with Crippen LogP contribution in [0, 0.1) is 0 Å². The van der Waals surface area contributed by atoms with Gasteiger partial charge in [0, 0.05) is 4.88 Å². The summed E-state index contributed by atoms with van der Waals surface area (Å²) in [7, 11) is 0. The highest BCUT2D eigenvalue weighted by molar-refractivity contribution is 7.10. The Morgan fingerprint density at radius 2 is 1.79 bits per heavy atom. The van der Waals surface area contributed by atoms with Crippen LogP contribution in [0.25, 0.3) is 0 Å². The predicted molar refractivity (Wildman–Crippen MR) is 61.2 cm³/mol. The molecule has 4 N–H and O–H groups in total. The van der Waals surface area contributed by atoms with Crippen molar-refractivity contribution in [2.24, 2.45) is 11.5 Å². The standard InChI is InChI=1S/C10H11ClN2S/c11-10(13)5-3-9(12,4-6-10)8-2-1-7-14-8/h1-7H,12-13H2. The summed E-state index contributed by atoms with van der Waals surface area (Å²) in [5, 5.41) is 2.00. The molecule has 1 aromatic rings. The smallest absolute Gasteiger partial charge is 0.128 e. The second kappa shape index (κ2) is 3.21. The van der Waals surface area contributed by atoms with E-state index in [1.165, 1.54) is 0 Å². The molecule has 4 heteroatoms. The van der Waals surface area contributed by atoms with Gasteiger partial charge in [-0.3, -0.25) is 0 Å². The van der Waals surface area contributed by atoms with Crippen molar-refractivity contribution in [3.05, 3.63) is 46.7 Å².